The third kappa shape index (κ3) is 4.06. The highest BCUT2D eigenvalue weighted by atomic mass is 35.5. The average Bonchev–Trinajstić information content (AvgIpc) is 2.40. The molecule has 112 valence electrons. The van der Waals surface area contributed by atoms with Crippen LogP contribution in [-0.4, -0.2) is 9.97 Å². The number of hydrazine groups is 1. The molecule has 0 atom stereocenters. The second-order valence-corrected chi connectivity index (χ2v) is 6.71. The minimum atomic E-state index is -0.0902. The first-order chi connectivity index (χ1) is 9.79. The van der Waals surface area contributed by atoms with Gasteiger partial charge in [-0.1, -0.05) is 50.0 Å². The molecule has 0 radical (unpaired) electrons. The van der Waals surface area contributed by atoms with Crippen LogP contribution in [0.5, 0.6) is 0 Å². The SMILES string of the molecule is CC(C)(C)c1cc(NN)nc(Cc2ccc(Cl)cc2Cl)n1. The van der Waals surface area contributed by atoms with E-state index in [1.807, 2.05) is 12.1 Å². The summed E-state index contributed by atoms with van der Waals surface area (Å²) in [4.78, 5) is 9.00. The molecule has 2 rings (SSSR count). The summed E-state index contributed by atoms with van der Waals surface area (Å²) >= 11 is 12.1. The van der Waals surface area contributed by atoms with Crippen molar-refractivity contribution in [2.45, 2.75) is 32.6 Å². The Bertz CT molecular complexity index is 651. The van der Waals surface area contributed by atoms with E-state index in [1.54, 1.807) is 12.1 Å². The van der Waals surface area contributed by atoms with Gasteiger partial charge in [0.15, 0.2) is 0 Å². The van der Waals surface area contributed by atoms with Crippen LogP contribution in [0.1, 0.15) is 37.9 Å². The van der Waals surface area contributed by atoms with Crippen molar-refractivity contribution in [3.05, 3.63) is 51.4 Å². The molecule has 0 saturated heterocycles. The summed E-state index contributed by atoms with van der Waals surface area (Å²) in [6.45, 7) is 6.28. The van der Waals surface area contributed by atoms with Gasteiger partial charge >= 0.3 is 0 Å². The van der Waals surface area contributed by atoms with Crippen LogP contribution in [0, 0.1) is 0 Å². The quantitative estimate of drug-likeness (QED) is 0.662. The molecule has 1 heterocycles. The van der Waals surface area contributed by atoms with Crippen molar-refractivity contribution in [1.82, 2.24) is 9.97 Å². The average molecular weight is 325 g/mol. The summed E-state index contributed by atoms with van der Waals surface area (Å²) in [7, 11) is 0. The van der Waals surface area contributed by atoms with Gasteiger partial charge in [0.25, 0.3) is 0 Å². The number of anilines is 1. The maximum Gasteiger partial charge on any atom is 0.143 e. The second kappa shape index (κ2) is 6.18. The number of benzene rings is 1. The van der Waals surface area contributed by atoms with Crippen LogP contribution >= 0.6 is 23.2 Å². The number of aromatic nitrogens is 2. The van der Waals surface area contributed by atoms with E-state index in [4.69, 9.17) is 29.0 Å². The van der Waals surface area contributed by atoms with Gasteiger partial charge < -0.3 is 5.43 Å². The van der Waals surface area contributed by atoms with Gasteiger partial charge in [0.05, 0.1) is 5.69 Å². The van der Waals surface area contributed by atoms with Crippen molar-refractivity contribution in [2.75, 3.05) is 5.43 Å². The molecule has 0 aliphatic heterocycles. The minimum Gasteiger partial charge on any atom is -0.308 e. The van der Waals surface area contributed by atoms with Gasteiger partial charge in [-0.15, -0.1) is 0 Å². The van der Waals surface area contributed by atoms with Crippen molar-refractivity contribution in [3.8, 4) is 0 Å². The lowest BCUT2D eigenvalue weighted by Gasteiger charge is -2.19. The van der Waals surface area contributed by atoms with Crippen molar-refractivity contribution in [3.63, 3.8) is 0 Å². The van der Waals surface area contributed by atoms with Gasteiger partial charge in [-0.2, -0.15) is 0 Å². The van der Waals surface area contributed by atoms with E-state index in [0.29, 0.717) is 28.1 Å². The Morgan fingerprint density at radius 2 is 1.86 bits per heavy atom. The van der Waals surface area contributed by atoms with E-state index in [2.05, 4.69) is 36.2 Å². The molecular formula is C15H18Cl2N4. The Morgan fingerprint density at radius 1 is 1.14 bits per heavy atom. The van der Waals surface area contributed by atoms with Gasteiger partial charge in [0, 0.05) is 27.9 Å². The first-order valence-electron chi connectivity index (χ1n) is 6.58. The third-order valence-corrected chi connectivity index (χ3v) is 3.64. The predicted octanol–water partition coefficient (Wildman–Crippen LogP) is 3.96. The summed E-state index contributed by atoms with van der Waals surface area (Å²) in [5, 5.41) is 1.21. The maximum absolute atomic E-state index is 6.20. The number of nitrogens with one attached hydrogen (secondary N) is 1. The summed E-state index contributed by atoms with van der Waals surface area (Å²) in [5.41, 5.74) is 4.34. The van der Waals surface area contributed by atoms with Gasteiger partial charge in [0.1, 0.15) is 11.6 Å². The van der Waals surface area contributed by atoms with Crippen LogP contribution in [0.15, 0.2) is 24.3 Å². The highest BCUT2D eigenvalue weighted by molar-refractivity contribution is 6.35. The standard InChI is InChI=1S/C15H18Cl2N4/c1-15(2,3)12-8-14(21-18)20-13(19-12)6-9-4-5-10(16)7-11(9)17/h4-5,7-8H,6,18H2,1-3H3,(H,19,20,21). The summed E-state index contributed by atoms with van der Waals surface area (Å²) in [6.07, 6.45) is 0.522. The van der Waals surface area contributed by atoms with E-state index in [-0.39, 0.29) is 5.41 Å². The Hall–Kier alpha value is -1.36. The molecule has 1 aromatic carbocycles. The Kier molecular flexibility index (Phi) is 4.71. The lowest BCUT2D eigenvalue weighted by atomic mass is 9.92. The Balaban J connectivity index is 2.39. The molecular weight excluding hydrogens is 307 g/mol. The summed E-state index contributed by atoms with van der Waals surface area (Å²) in [6, 6.07) is 7.26. The zero-order valence-electron chi connectivity index (χ0n) is 12.2. The molecule has 0 unspecified atom stereocenters. The number of hydrogen-bond donors (Lipinski definition) is 2. The number of hydrogen-bond acceptors (Lipinski definition) is 4. The largest absolute Gasteiger partial charge is 0.308 e. The predicted molar refractivity (Wildman–Crippen MR) is 87.8 cm³/mol. The molecule has 0 amide bonds. The summed E-state index contributed by atoms with van der Waals surface area (Å²) in [5.74, 6) is 6.75. The molecule has 0 saturated carbocycles. The molecule has 3 N–H and O–H groups in total. The normalized spacial score (nSPS) is 11.5. The number of nitrogen functional groups attached to an aromatic ring is 1. The highest BCUT2D eigenvalue weighted by Gasteiger charge is 2.18. The lowest BCUT2D eigenvalue weighted by Crippen LogP contribution is -2.18. The molecule has 6 heteroatoms. The molecule has 2 aromatic rings. The zero-order chi connectivity index (χ0) is 15.6. The minimum absolute atomic E-state index is 0.0902. The number of halogens is 2. The molecule has 0 bridgehead atoms. The fraction of sp³-hybridized carbons (Fsp3) is 0.333. The van der Waals surface area contributed by atoms with Crippen molar-refractivity contribution >= 4 is 29.0 Å². The smallest absolute Gasteiger partial charge is 0.143 e. The van der Waals surface area contributed by atoms with E-state index in [9.17, 15) is 0 Å². The Labute approximate surface area is 134 Å². The molecule has 1 aromatic heterocycles. The van der Waals surface area contributed by atoms with Gasteiger partial charge in [-0.05, 0) is 17.7 Å². The van der Waals surface area contributed by atoms with Crippen LogP contribution in [-0.2, 0) is 11.8 Å². The number of nitrogens with zero attached hydrogens (tertiary/aromatic N) is 2. The van der Waals surface area contributed by atoms with Crippen molar-refractivity contribution in [2.24, 2.45) is 5.84 Å². The third-order valence-electron chi connectivity index (χ3n) is 3.05. The van der Waals surface area contributed by atoms with Crippen LogP contribution in [0.2, 0.25) is 10.0 Å². The molecule has 0 spiro atoms. The van der Waals surface area contributed by atoms with Crippen LogP contribution < -0.4 is 11.3 Å². The molecule has 4 nitrogen and oxygen atoms in total. The topological polar surface area (TPSA) is 63.8 Å². The van der Waals surface area contributed by atoms with Crippen LogP contribution in [0.3, 0.4) is 0 Å². The van der Waals surface area contributed by atoms with Gasteiger partial charge in [-0.25, -0.2) is 15.8 Å². The van der Waals surface area contributed by atoms with E-state index >= 15 is 0 Å². The molecule has 21 heavy (non-hydrogen) atoms. The van der Waals surface area contributed by atoms with Crippen LogP contribution in [0.25, 0.3) is 0 Å². The van der Waals surface area contributed by atoms with E-state index in [1.165, 1.54) is 0 Å². The monoisotopic (exact) mass is 324 g/mol. The number of nitrogens with two attached hydrogens (primary N) is 1. The highest BCUT2D eigenvalue weighted by Crippen LogP contribution is 2.25. The van der Waals surface area contributed by atoms with E-state index in [0.717, 1.165) is 11.3 Å². The fourth-order valence-electron chi connectivity index (χ4n) is 1.87. The molecule has 0 aliphatic carbocycles. The lowest BCUT2D eigenvalue weighted by molar-refractivity contribution is 0.563. The first-order valence-corrected chi connectivity index (χ1v) is 7.34. The van der Waals surface area contributed by atoms with Gasteiger partial charge in [-0.3, -0.25) is 0 Å². The van der Waals surface area contributed by atoms with E-state index < -0.39 is 0 Å². The maximum atomic E-state index is 6.20. The zero-order valence-corrected chi connectivity index (χ0v) is 13.8. The first kappa shape index (κ1) is 16.0. The number of rotatable bonds is 3. The molecule has 0 aliphatic rings. The summed E-state index contributed by atoms with van der Waals surface area (Å²) < 4.78 is 0. The van der Waals surface area contributed by atoms with Crippen molar-refractivity contribution in [1.29, 1.82) is 0 Å². The fourth-order valence-corrected chi connectivity index (χ4v) is 2.35. The van der Waals surface area contributed by atoms with Gasteiger partial charge in [0.2, 0.25) is 0 Å². The van der Waals surface area contributed by atoms with Crippen molar-refractivity contribution < 1.29 is 0 Å². The second-order valence-electron chi connectivity index (χ2n) is 5.86. The molecule has 0 fully saturated rings. The van der Waals surface area contributed by atoms with Crippen LogP contribution in [0.4, 0.5) is 5.82 Å². The Morgan fingerprint density at radius 3 is 2.43 bits per heavy atom.